The first-order valence-corrected chi connectivity index (χ1v) is 8.82. The van der Waals surface area contributed by atoms with Crippen molar-refractivity contribution in [3.05, 3.63) is 34.9 Å². The van der Waals surface area contributed by atoms with Gasteiger partial charge in [0.2, 0.25) is 0 Å². The van der Waals surface area contributed by atoms with Crippen molar-refractivity contribution in [2.24, 2.45) is 0 Å². The molecule has 8 nitrogen and oxygen atoms in total. The molecular formula is C15H16N6O2S. The summed E-state index contributed by atoms with van der Waals surface area (Å²) < 4.78 is 9.71. The van der Waals surface area contributed by atoms with Crippen LogP contribution >= 0.6 is 11.3 Å². The Balaban J connectivity index is 1.47. The Hall–Kier alpha value is -2.26. The van der Waals surface area contributed by atoms with Crippen molar-refractivity contribution in [2.75, 3.05) is 13.1 Å². The van der Waals surface area contributed by atoms with Crippen molar-refractivity contribution in [2.45, 2.75) is 32.1 Å². The van der Waals surface area contributed by atoms with Crippen LogP contribution in [0, 0.1) is 6.92 Å². The molecule has 2 aliphatic heterocycles. The molecule has 1 amide bonds. The van der Waals surface area contributed by atoms with Crippen LogP contribution in [0.1, 0.15) is 34.3 Å². The van der Waals surface area contributed by atoms with E-state index >= 15 is 0 Å². The van der Waals surface area contributed by atoms with E-state index in [2.05, 4.69) is 15.3 Å². The summed E-state index contributed by atoms with van der Waals surface area (Å²) in [7, 11) is 0. The van der Waals surface area contributed by atoms with Gasteiger partial charge in [0.1, 0.15) is 5.69 Å². The van der Waals surface area contributed by atoms with Crippen LogP contribution in [-0.2, 0) is 11.3 Å². The van der Waals surface area contributed by atoms with E-state index in [0.29, 0.717) is 25.4 Å². The molecule has 2 atom stereocenters. The molecule has 3 aromatic heterocycles. The lowest BCUT2D eigenvalue weighted by Gasteiger charge is -2.40. The Morgan fingerprint density at radius 1 is 1.46 bits per heavy atom. The van der Waals surface area contributed by atoms with Gasteiger partial charge in [-0.25, -0.2) is 9.67 Å². The van der Waals surface area contributed by atoms with E-state index in [0.717, 1.165) is 22.8 Å². The number of thiazole rings is 1. The number of ether oxygens (including phenoxy) is 1. The molecule has 0 aliphatic carbocycles. The summed E-state index contributed by atoms with van der Waals surface area (Å²) in [6.45, 7) is 3.69. The van der Waals surface area contributed by atoms with E-state index in [4.69, 9.17) is 4.74 Å². The monoisotopic (exact) mass is 344 g/mol. The average molecular weight is 344 g/mol. The molecular weight excluding hydrogens is 328 g/mol. The second kappa shape index (κ2) is 5.12. The number of carbonyl (C=O) groups excluding carboxylic acids is 1. The molecule has 0 unspecified atom stereocenters. The number of piperidine rings is 1. The molecule has 0 bridgehead atoms. The summed E-state index contributed by atoms with van der Waals surface area (Å²) in [4.78, 5) is 20.3. The standard InChI is InChI=1S/C15H16N6O2S/c1-9-13(20-4-5-24-15(20)17-9)14(22)19-3-2-12-11(7-19)21-10(8-23-12)6-16-18-21/h4-6,11-12H,2-3,7-8H2,1H3/t11-,12+/m1/s1. The number of amides is 1. The van der Waals surface area contributed by atoms with Gasteiger partial charge in [0.15, 0.2) is 4.96 Å². The van der Waals surface area contributed by atoms with Crippen LogP contribution in [0.15, 0.2) is 17.8 Å². The van der Waals surface area contributed by atoms with E-state index in [-0.39, 0.29) is 18.1 Å². The number of rotatable bonds is 1. The molecule has 9 heteroatoms. The average Bonchev–Trinajstić information content (AvgIpc) is 3.28. The third-order valence-corrected chi connectivity index (χ3v) is 5.61. The lowest BCUT2D eigenvalue weighted by atomic mass is 10.00. The fourth-order valence-electron chi connectivity index (χ4n) is 3.67. The van der Waals surface area contributed by atoms with E-state index in [9.17, 15) is 4.79 Å². The number of hydrogen-bond acceptors (Lipinski definition) is 6. The van der Waals surface area contributed by atoms with Gasteiger partial charge >= 0.3 is 0 Å². The fraction of sp³-hybridized carbons (Fsp3) is 0.467. The Kier molecular flexibility index (Phi) is 3.01. The Morgan fingerprint density at radius 2 is 2.38 bits per heavy atom. The molecule has 1 fully saturated rings. The van der Waals surface area contributed by atoms with Gasteiger partial charge in [-0.2, -0.15) is 0 Å². The van der Waals surface area contributed by atoms with Crippen molar-refractivity contribution in [1.29, 1.82) is 0 Å². The maximum Gasteiger partial charge on any atom is 0.272 e. The van der Waals surface area contributed by atoms with E-state index in [1.54, 1.807) is 6.20 Å². The first-order valence-electron chi connectivity index (χ1n) is 7.94. The second-order valence-corrected chi connectivity index (χ2v) is 7.10. The maximum absolute atomic E-state index is 13.1. The number of fused-ring (bicyclic) bond motifs is 4. The summed E-state index contributed by atoms with van der Waals surface area (Å²) in [5, 5.41) is 10.1. The van der Waals surface area contributed by atoms with Crippen molar-refractivity contribution < 1.29 is 9.53 Å². The SMILES string of the molecule is Cc1nc2sccn2c1C(=O)N1CC[C@@H]2OCc3cnnn3[C@@H]2C1. The molecule has 0 saturated carbocycles. The van der Waals surface area contributed by atoms with Crippen LogP contribution in [0.4, 0.5) is 0 Å². The quantitative estimate of drug-likeness (QED) is 0.665. The first-order chi connectivity index (χ1) is 11.7. The summed E-state index contributed by atoms with van der Waals surface area (Å²) in [5.41, 5.74) is 2.39. The Morgan fingerprint density at radius 3 is 3.29 bits per heavy atom. The largest absolute Gasteiger partial charge is 0.370 e. The van der Waals surface area contributed by atoms with Crippen LogP contribution in [-0.4, -0.2) is 54.4 Å². The molecule has 5 rings (SSSR count). The predicted octanol–water partition coefficient (Wildman–Crippen LogP) is 1.28. The zero-order chi connectivity index (χ0) is 16.3. The first kappa shape index (κ1) is 14.1. The lowest BCUT2D eigenvalue weighted by molar-refractivity contribution is -0.0605. The number of carbonyl (C=O) groups is 1. The third kappa shape index (κ3) is 1.94. The van der Waals surface area contributed by atoms with Crippen LogP contribution in [0.3, 0.4) is 0 Å². The minimum Gasteiger partial charge on any atom is -0.370 e. The molecule has 0 N–H and O–H groups in total. The van der Waals surface area contributed by atoms with Gasteiger partial charge in [-0.15, -0.1) is 16.4 Å². The van der Waals surface area contributed by atoms with Gasteiger partial charge in [0.25, 0.3) is 5.91 Å². The number of aromatic nitrogens is 5. The highest BCUT2D eigenvalue weighted by atomic mass is 32.1. The number of nitrogens with zero attached hydrogens (tertiary/aromatic N) is 6. The molecule has 1 saturated heterocycles. The van der Waals surface area contributed by atoms with Crippen molar-refractivity contribution in [3.8, 4) is 0 Å². The molecule has 5 heterocycles. The van der Waals surface area contributed by atoms with Gasteiger partial charge < -0.3 is 9.64 Å². The predicted molar refractivity (Wildman–Crippen MR) is 86.0 cm³/mol. The molecule has 24 heavy (non-hydrogen) atoms. The zero-order valence-electron chi connectivity index (χ0n) is 13.1. The van der Waals surface area contributed by atoms with Gasteiger partial charge in [-0.1, -0.05) is 5.21 Å². The van der Waals surface area contributed by atoms with Crippen LogP contribution < -0.4 is 0 Å². The Bertz CT molecular complexity index is 928. The van der Waals surface area contributed by atoms with Crippen LogP contribution in [0.5, 0.6) is 0 Å². The van der Waals surface area contributed by atoms with Gasteiger partial charge in [-0.05, 0) is 13.3 Å². The number of hydrogen-bond donors (Lipinski definition) is 0. The van der Waals surface area contributed by atoms with Gasteiger partial charge in [0, 0.05) is 24.7 Å². The van der Waals surface area contributed by atoms with Crippen molar-refractivity contribution >= 4 is 22.2 Å². The van der Waals surface area contributed by atoms with E-state index in [1.807, 2.05) is 32.5 Å². The lowest BCUT2D eigenvalue weighted by Crippen LogP contribution is -2.50. The topological polar surface area (TPSA) is 77.6 Å². The minimum absolute atomic E-state index is 0.0177. The second-order valence-electron chi connectivity index (χ2n) is 6.23. The highest BCUT2D eigenvalue weighted by Crippen LogP contribution is 2.31. The number of imidazole rings is 1. The van der Waals surface area contributed by atoms with Crippen LogP contribution in [0.25, 0.3) is 4.96 Å². The van der Waals surface area contributed by atoms with E-state index in [1.165, 1.54) is 11.3 Å². The molecule has 3 aromatic rings. The van der Waals surface area contributed by atoms with Crippen molar-refractivity contribution in [1.82, 2.24) is 29.3 Å². The molecule has 0 radical (unpaired) electrons. The summed E-state index contributed by atoms with van der Waals surface area (Å²) in [5.74, 6) is 0.0177. The number of aryl methyl sites for hydroxylation is 1. The summed E-state index contributed by atoms with van der Waals surface area (Å²) >= 11 is 1.54. The highest BCUT2D eigenvalue weighted by molar-refractivity contribution is 7.15. The number of likely N-dealkylation sites (tertiary alicyclic amines) is 1. The highest BCUT2D eigenvalue weighted by Gasteiger charge is 2.38. The Labute approximate surface area is 141 Å². The molecule has 2 aliphatic rings. The van der Waals surface area contributed by atoms with Crippen molar-refractivity contribution in [3.63, 3.8) is 0 Å². The molecule has 124 valence electrons. The molecule has 0 aromatic carbocycles. The smallest absolute Gasteiger partial charge is 0.272 e. The fourth-order valence-corrected chi connectivity index (χ4v) is 4.42. The maximum atomic E-state index is 13.1. The zero-order valence-corrected chi connectivity index (χ0v) is 13.9. The molecule has 0 spiro atoms. The van der Waals surface area contributed by atoms with Gasteiger partial charge in [-0.3, -0.25) is 9.20 Å². The van der Waals surface area contributed by atoms with Crippen LogP contribution in [0.2, 0.25) is 0 Å². The van der Waals surface area contributed by atoms with E-state index < -0.39 is 0 Å². The minimum atomic E-state index is 0.0177. The normalized spacial score (nSPS) is 23.3. The summed E-state index contributed by atoms with van der Waals surface area (Å²) in [6, 6.07) is 0.0279. The third-order valence-electron chi connectivity index (χ3n) is 4.85. The summed E-state index contributed by atoms with van der Waals surface area (Å²) in [6.07, 6.45) is 4.53. The van der Waals surface area contributed by atoms with Gasteiger partial charge in [0.05, 0.1) is 36.3 Å².